The van der Waals surface area contributed by atoms with Gasteiger partial charge in [-0.2, -0.15) is 0 Å². The molecule has 7 heteroatoms. The van der Waals surface area contributed by atoms with E-state index in [1.165, 1.54) is 0 Å². The normalized spacial score (nSPS) is 11.1. The number of aromatic nitrogens is 1. The van der Waals surface area contributed by atoms with E-state index in [-0.39, 0.29) is 0 Å². The molecule has 2 N–H and O–H groups in total. The molecule has 184 valence electrons. The lowest BCUT2D eigenvalue weighted by atomic mass is 10.1. The quantitative estimate of drug-likeness (QED) is 0.276. The first kappa shape index (κ1) is 24.6. The van der Waals surface area contributed by atoms with Crippen molar-refractivity contribution in [3.8, 4) is 17.2 Å². The van der Waals surface area contributed by atoms with Crippen molar-refractivity contribution in [1.29, 1.82) is 0 Å². The molecule has 0 unspecified atom stereocenters. The molecule has 0 aliphatic heterocycles. The molecule has 0 aliphatic carbocycles. The minimum absolute atomic E-state index is 0.348. The maximum Gasteiger partial charge on any atom is 0.138 e. The molecule has 7 nitrogen and oxygen atoms in total. The maximum atomic E-state index is 6.15. The number of ether oxygens (including phenoxy) is 4. The Morgan fingerprint density at radius 2 is 1.77 bits per heavy atom. The molecule has 0 aliphatic rings. The third-order valence-electron chi connectivity index (χ3n) is 5.95. The molecule has 0 amide bonds. The second-order valence-corrected chi connectivity index (χ2v) is 8.26. The molecule has 4 rings (SSSR count). The zero-order valence-corrected chi connectivity index (χ0v) is 20.5. The average molecular weight is 477 g/mol. The molecule has 0 saturated heterocycles. The van der Waals surface area contributed by atoms with E-state index < -0.39 is 0 Å². The first-order chi connectivity index (χ1) is 17.1. The summed E-state index contributed by atoms with van der Waals surface area (Å²) in [6.45, 7) is 3.86. The first-order valence-corrected chi connectivity index (χ1v) is 11.7. The summed E-state index contributed by atoms with van der Waals surface area (Å²) >= 11 is 0. The molecule has 0 bridgehead atoms. The van der Waals surface area contributed by atoms with Crippen molar-refractivity contribution < 1.29 is 23.4 Å². The number of methoxy groups -OCH3 is 2. The predicted molar refractivity (Wildman–Crippen MR) is 135 cm³/mol. The fourth-order valence-electron chi connectivity index (χ4n) is 4.09. The van der Waals surface area contributed by atoms with Crippen LogP contribution in [0, 0.1) is 6.92 Å². The fraction of sp³-hybridized carbons (Fsp3) is 0.321. The zero-order valence-electron chi connectivity index (χ0n) is 20.5. The number of pyridine rings is 1. The van der Waals surface area contributed by atoms with Crippen LogP contribution in [0.25, 0.3) is 11.0 Å². The van der Waals surface area contributed by atoms with Crippen LogP contribution >= 0.6 is 0 Å². The van der Waals surface area contributed by atoms with Gasteiger partial charge < -0.3 is 29.1 Å². The number of rotatable bonds is 12. The van der Waals surface area contributed by atoms with Gasteiger partial charge in [0.05, 0.1) is 32.8 Å². The van der Waals surface area contributed by atoms with Crippen molar-refractivity contribution in [3.05, 3.63) is 82.9 Å². The molecule has 0 fully saturated rings. The Labute approximate surface area is 205 Å². The van der Waals surface area contributed by atoms with Crippen LogP contribution < -0.4 is 19.9 Å². The third kappa shape index (κ3) is 5.93. The number of benzene rings is 2. The molecular weight excluding hydrogens is 444 g/mol. The van der Waals surface area contributed by atoms with Gasteiger partial charge in [0, 0.05) is 30.1 Å². The second kappa shape index (κ2) is 11.7. The smallest absolute Gasteiger partial charge is 0.138 e. The summed E-state index contributed by atoms with van der Waals surface area (Å²) in [6.07, 6.45) is 3.47. The molecule has 2 heterocycles. The fourth-order valence-corrected chi connectivity index (χ4v) is 4.09. The van der Waals surface area contributed by atoms with E-state index in [1.54, 1.807) is 20.4 Å². The number of nitrogens with two attached hydrogens (primary N) is 1. The van der Waals surface area contributed by atoms with Gasteiger partial charge in [0.1, 0.15) is 35.2 Å². The van der Waals surface area contributed by atoms with Crippen molar-refractivity contribution in [2.75, 3.05) is 20.8 Å². The second-order valence-electron chi connectivity index (χ2n) is 8.26. The minimum Gasteiger partial charge on any atom is -0.497 e. The Hall–Kier alpha value is -3.55. The summed E-state index contributed by atoms with van der Waals surface area (Å²) < 4.78 is 28.9. The predicted octanol–water partition coefficient (Wildman–Crippen LogP) is 5.34. The van der Waals surface area contributed by atoms with Crippen LogP contribution in [0.4, 0.5) is 0 Å². The highest BCUT2D eigenvalue weighted by Crippen LogP contribution is 2.34. The van der Waals surface area contributed by atoms with Gasteiger partial charge in [-0.1, -0.05) is 12.1 Å². The van der Waals surface area contributed by atoms with Gasteiger partial charge in [0.25, 0.3) is 0 Å². The van der Waals surface area contributed by atoms with E-state index in [0.29, 0.717) is 26.4 Å². The summed E-state index contributed by atoms with van der Waals surface area (Å²) in [5.74, 6) is 3.05. The highest BCUT2D eigenvalue weighted by Gasteiger charge is 2.15. The SMILES string of the molecule is COc1cc(COCc2oc3cccc(OCCCc4ncccc4CN)c3c2C)cc(OC)c1. The summed E-state index contributed by atoms with van der Waals surface area (Å²) in [5.41, 5.74) is 10.7. The van der Waals surface area contributed by atoms with Crippen LogP contribution in [-0.4, -0.2) is 25.8 Å². The Bertz CT molecular complexity index is 1250. The highest BCUT2D eigenvalue weighted by molar-refractivity contribution is 5.88. The molecule has 0 atom stereocenters. The Balaban J connectivity index is 1.38. The van der Waals surface area contributed by atoms with Crippen molar-refractivity contribution >= 4 is 11.0 Å². The molecule has 2 aromatic carbocycles. The van der Waals surface area contributed by atoms with Crippen molar-refractivity contribution in [2.45, 2.75) is 39.5 Å². The standard InChI is InChI=1S/C28H32N2O5/c1-19-27(18-33-17-20-13-22(31-2)15-23(14-20)32-3)35-26-10-4-9-25(28(19)26)34-12-6-8-24-21(16-29)7-5-11-30-24/h4-5,7,9-11,13-15H,6,8,12,16-18,29H2,1-3H3. The van der Waals surface area contributed by atoms with Gasteiger partial charge in [-0.15, -0.1) is 0 Å². The van der Waals surface area contributed by atoms with Crippen LogP contribution in [-0.2, 0) is 30.9 Å². The molecule has 0 saturated carbocycles. The van der Waals surface area contributed by atoms with Gasteiger partial charge in [0.15, 0.2) is 0 Å². The molecule has 0 spiro atoms. The largest absolute Gasteiger partial charge is 0.497 e. The van der Waals surface area contributed by atoms with E-state index in [2.05, 4.69) is 4.98 Å². The van der Waals surface area contributed by atoms with E-state index in [0.717, 1.165) is 69.2 Å². The lowest BCUT2D eigenvalue weighted by Crippen LogP contribution is -2.06. The van der Waals surface area contributed by atoms with Gasteiger partial charge in [-0.05, 0) is 61.2 Å². The van der Waals surface area contributed by atoms with Crippen molar-refractivity contribution in [1.82, 2.24) is 4.98 Å². The third-order valence-corrected chi connectivity index (χ3v) is 5.95. The minimum atomic E-state index is 0.348. The van der Waals surface area contributed by atoms with Crippen LogP contribution in [0.1, 0.15) is 34.6 Å². The summed E-state index contributed by atoms with van der Waals surface area (Å²) in [5, 5.41) is 0.981. The van der Waals surface area contributed by atoms with Gasteiger partial charge >= 0.3 is 0 Å². The number of nitrogens with zero attached hydrogens (tertiary/aromatic N) is 1. The number of hydrogen-bond donors (Lipinski definition) is 1. The summed E-state index contributed by atoms with van der Waals surface area (Å²) in [7, 11) is 3.26. The molecule has 0 radical (unpaired) electrons. The lowest BCUT2D eigenvalue weighted by molar-refractivity contribution is 0.0933. The van der Waals surface area contributed by atoms with E-state index in [4.69, 9.17) is 29.1 Å². The van der Waals surface area contributed by atoms with Gasteiger partial charge in [0.2, 0.25) is 0 Å². The van der Waals surface area contributed by atoms with Crippen molar-refractivity contribution in [2.24, 2.45) is 5.73 Å². The topological polar surface area (TPSA) is 89.0 Å². The Kier molecular flexibility index (Phi) is 8.23. The van der Waals surface area contributed by atoms with E-state index >= 15 is 0 Å². The summed E-state index contributed by atoms with van der Waals surface area (Å²) in [6, 6.07) is 15.5. The summed E-state index contributed by atoms with van der Waals surface area (Å²) in [4.78, 5) is 4.45. The lowest BCUT2D eigenvalue weighted by Gasteiger charge is -2.09. The van der Waals surface area contributed by atoms with Crippen LogP contribution in [0.3, 0.4) is 0 Å². The molecular formula is C28H32N2O5. The van der Waals surface area contributed by atoms with Crippen molar-refractivity contribution in [3.63, 3.8) is 0 Å². The Morgan fingerprint density at radius 3 is 2.51 bits per heavy atom. The number of furan rings is 1. The van der Waals surface area contributed by atoms with Gasteiger partial charge in [-0.25, -0.2) is 0 Å². The maximum absolute atomic E-state index is 6.15. The zero-order chi connectivity index (χ0) is 24.6. The number of hydrogen-bond acceptors (Lipinski definition) is 7. The molecule has 35 heavy (non-hydrogen) atoms. The van der Waals surface area contributed by atoms with Crippen LogP contribution in [0.5, 0.6) is 17.2 Å². The van der Waals surface area contributed by atoms with Gasteiger partial charge in [-0.3, -0.25) is 4.98 Å². The van der Waals surface area contributed by atoms with E-state index in [9.17, 15) is 0 Å². The van der Waals surface area contributed by atoms with Crippen LogP contribution in [0.2, 0.25) is 0 Å². The van der Waals surface area contributed by atoms with Crippen LogP contribution in [0.15, 0.2) is 59.1 Å². The first-order valence-electron chi connectivity index (χ1n) is 11.7. The number of aryl methyl sites for hydroxylation is 2. The average Bonchev–Trinajstić information content (AvgIpc) is 3.22. The monoisotopic (exact) mass is 476 g/mol. The molecule has 2 aromatic heterocycles. The highest BCUT2D eigenvalue weighted by atomic mass is 16.5. The molecule has 4 aromatic rings. The van der Waals surface area contributed by atoms with E-state index in [1.807, 2.05) is 55.5 Å². The number of fused-ring (bicyclic) bond motifs is 1. The Morgan fingerprint density at radius 1 is 0.971 bits per heavy atom.